The van der Waals surface area contributed by atoms with E-state index in [1.807, 2.05) is 6.07 Å². The number of alkyl halides is 3. The first-order valence-electron chi connectivity index (χ1n) is 6.03. The maximum Gasteiger partial charge on any atom is 0.417 e. The molecule has 0 atom stereocenters. The van der Waals surface area contributed by atoms with E-state index in [1.54, 1.807) is 19.1 Å². The molecule has 21 heavy (non-hydrogen) atoms. The van der Waals surface area contributed by atoms with Crippen LogP contribution >= 0.6 is 22.6 Å². The molecule has 0 aromatic heterocycles. The van der Waals surface area contributed by atoms with Crippen molar-refractivity contribution in [2.24, 2.45) is 0 Å². The van der Waals surface area contributed by atoms with Gasteiger partial charge in [-0.1, -0.05) is 12.1 Å². The Morgan fingerprint density at radius 1 is 1.14 bits per heavy atom. The summed E-state index contributed by atoms with van der Waals surface area (Å²) in [5.74, 6) is -0.771. The lowest BCUT2D eigenvalue weighted by Crippen LogP contribution is -2.19. The predicted molar refractivity (Wildman–Crippen MR) is 83.3 cm³/mol. The zero-order valence-corrected chi connectivity index (χ0v) is 13.1. The van der Waals surface area contributed by atoms with Gasteiger partial charge in [0, 0.05) is 9.26 Å². The molecule has 2 aromatic carbocycles. The van der Waals surface area contributed by atoms with Gasteiger partial charge < -0.3 is 5.32 Å². The molecule has 0 aliphatic rings. The third kappa shape index (κ3) is 3.75. The van der Waals surface area contributed by atoms with Crippen molar-refractivity contribution in [2.75, 3.05) is 5.32 Å². The number of benzene rings is 2. The number of nitrogens with one attached hydrogen (secondary N) is 1. The number of hydrogen-bond donors (Lipinski definition) is 1. The molecule has 110 valence electrons. The Labute approximate surface area is 133 Å². The molecule has 0 spiro atoms. The van der Waals surface area contributed by atoms with Crippen molar-refractivity contribution < 1.29 is 18.0 Å². The van der Waals surface area contributed by atoms with E-state index in [9.17, 15) is 18.0 Å². The lowest BCUT2D eigenvalue weighted by molar-refractivity contribution is -0.137. The Hall–Kier alpha value is -1.57. The molecule has 1 amide bonds. The van der Waals surface area contributed by atoms with Gasteiger partial charge in [0.05, 0.1) is 11.1 Å². The first-order valence-corrected chi connectivity index (χ1v) is 7.10. The van der Waals surface area contributed by atoms with Crippen molar-refractivity contribution in [1.29, 1.82) is 0 Å². The molecule has 0 saturated carbocycles. The van der Waals surface area contributed by atoms with Crippen LogP contribution in [0.3, 0.4) is 0 Å². The Morgan fingerprint density at radius 3 is 2.43 bits per heavy atom. The van der Waals surface area contributed by atoms with Gasteiger partial charge in [0.15, 0.2) is 0 Å². The Kier molecular flexibility index (Phi) is 4.55. The molecule has 0 fully saturated rings. The standard InChI is InChI=1S/C15H11F3INO/c1-9-8-10(19)6-7-13(9)20-14(21)11-4-2-3-5-12(11)15(16,17)18/h2-8H,1H3,(H,20,21). The van der Waals surface area contributed by atoms with Gasteiger partial charge in [0.1, 0.15) is 0 Å². The van der Waals surface area contributed by atoms with E-state index < -0.39 is 17.6 Å². The van der Waals surface area contributed by atoms with Crippen molar-refractivity contribution in [3.8, 4) is 0 Å². The molecule has 0 radical (unpaired) electrons. The second kappa shape index (κ2) is 6.05. The first-order chi connectivity index (χ1) is 9.79. The first kappa shape index (κ1) is 15.8. The van der Waals surface area contributed by atoms with Gasteiger partial charge in [-0.05, 0) is 65.4 Å². The van der Waals surface area contributed by atoms with Gasteiger partial charge in [-0.25, -0.2) is 0 Å². The second-order valence-electron chi connectivity index (χ2n) is 4.46. The number of aryl methyl sites for hydroxylation is 1. The van der Waals surface area contributed by atoms with Crippen molar-refractivity contribution in [1.82, 2.24) is 0 Å². The molecule has 0 heterocycles. The van der Waals surface area contributed by atoms with Gasteiger partial charge >= 0.3 is 6.18 Å². The van der Waals surface area contributed by atoms with Crippen LogP contribution in [0.15, 0.2) is 42.5 Å². The number of anilines is 1. The average Bonchev–Trinajstić information content (AvgIpc) is 2.41. The minimum Gasteiger partial charge on any atom is -0.322 e. The van der Waals surface area contributed by atoms with Crippen LogP contribution in [-0.4, -0.2) is 5.91 Å². The summed E-state index contributed by atoms with van der Waals surface area (Å²) in [4.78, 5) is 12.1. The fourth-order valence-corrected chi connectivity index (χ4v) is 2.53. The van der Waals surface area contributed by atoms with E-state index in [-0.39, 0.29) is 5.56 Å². The zero-order valence-electron chi connectivity index (χ0n) is 11.0. The lowest BCUT2D eigenvalue weighted by Gasteiger charge is -2.13. The molecule has 0 unspecified atom stereocenters. The number of hydrogen-bond acceptors (Lipinski definition) is 1. The minimum absolute atomic E-state index is 0.386. The monoisotopic (exact) mass is 405 g/mol. The quantitative estimate of drug-likeness (QED) is 0.710. The number of rotatable bonds is 2. The van der Waals surface area contributed by atoms with Crippen molar-refractivity contribution in [3.63, 3.8) is 0 Å². The Bertz CT molecular complexity index is 683. The predicted octanol–water partition coefficient (Wildman–Crippen LogP) is 4.87. The van der Waals surface area contributed by atoms with E-state index in [4.69, 9.17) is 0 Å². The summed E-state index contributed by atoms with van der Waals surface area (Å²) >= 11 is 2.12. The Morgan fingerprint density at radius 2 is 1.81 bits per heavy atom. The molecule has 6 heteroatoms. The fraction of sp³-hybridized carbons (Fsp3) is 0.133. The van der Waals surface area contributed by atoms with Crippen LogP contribution in [0.2, 0.25) is 0 Å². The molecular weight excluding hydrogens is 394 g/mol. The van der Waals surface area contributed by atoms with Crippen LogP contribution in [0, 0.1) is 10.5 Å². The van der Waals surface area contributed by atoms with Crippen LogP contribution in [0.5, 0.6) is 0 Å². The molecule has 0 saturated heterocycles. The number of carbonyl (C=O) groups excluding carboxylic acids is 1. The highest BCUT2D eigenvalue weighted by Gasteiger charge is 2.34. The number of carbonyl (C=O) groups is 1. The lowest BCUT2D eigenvalue weighted by atomic mass is 10.1. The maximum absolute atomic E-state index is 12.9. The normalized spacial score (nSPS) is 11.3. The molecule has 0 aliphatic heterocycles. The third-order valence-electron chi connectivity index (χ3n) is 2.91. The van der Waals surface area contributed by atoms with Crippen molar-refractivity contribution in [2.45, 2.75) is 13.1 Å². The van der Waals surface area contributed by atoms with E-state index in [1.165, 1.54) is 18.2 Å². The molecule has 1 N–H and O–H groups in total. The fourth-order valence-electron chi connectivity index (χ4n) is 1.89. The van der Waals surface area contributed by atoms with Gasteiger partial charge in [-0.15, -0.1) is 0 Å². The van der Waals surface area contributed by atoms with Gasteiger partial charge in [-0.2, -0.15) is 13.2 Å². The highest BCUT2D eigenvalue weighted by Crippen LogP contribution is 2.32. The summed E-state index contributed by atoms with van der Waals surface area (Å²) in [7, 11) is 0. The van der Waals surface area contributed by atoms with E-state index in [0.717, 1.165) is 15.2 Å². The average molecular weight is 405 g/mol. The Balaban J connectivity index is 2.33. The smallest absolute Gasteiger partial charge is 0.322 e. The maximum atomic E-state index is 12.9. The second-order valence-corrected chi connectivity index (χ2v) is 5.70. The minimum atomic E-state index is -4.56. The summed E-state index contributed by atoms with van der Waals surface area (Å²) in [6.45, 7) is 1.79. The van der Waals surface area contributed by atoms with Crippen molar-refractivity contribution in [3.05, 3.63) is 62.7 Å². The van der Waals surface area contributed by atoms with Crippen LogP contribution in [0.25, 0.3) is 0 Å². The molecule has 2 rings (SSSR count). The topological polar surface area (TPSA) is 29.1 Å². The molecule has 2 nitrogen and oxygen atoms in total. The largest absolute Gasteiger partial charge is 0.417 e. The third-order valence-corrected chi connectivity index (χ3v) is 3.58. The van der Waals surface area contributed by atoms with E-state index in [0.29, 0.717) is 5.69 Å². The van der Waals surface area contributed by atoms with Gasteiger partial charge in [0.25, 0.3) is 5.91 Å². The summed E-state index contributed by atoms with van der Waals surface area (Å²) in [6.07, 6.45) is -4.56. The van der Waals surface area contributed by atoms with Gasteiger partial charge in [0.2, 0.25) is 0 Å². The number of amides is 1. The molecular formula is C15H11F3INO. The van der Waals surface area contributed by atoms with Gasteiger partial charge in [-0.3, -0.25) is 4.79 Å². The number of halogens is 4. The molecule has 0 bridgehead atoms. The van der Waals surface area contributed by atoms with E-state index >= 15 is 0 Å². The molecule has 2 aromatic rings. The molecule has 0 aliphatic carbocycles. The summed E-state index contributed by atoms with van der Waals surface area (Å²) < 4.78 is 39.7. The van der Waals surface area contributed by atoms with Crippen LogP contribution in [0.1, 0.15) is 21.5 Å². The van der Waals surface area contributed by atoms with Crippen LogP contribution in [-0.2, 0) is 6.18 Å². The SMILES string of the molecule is Cc1cc(I)ccc1NC(=O)c1ccccc1C(F)(F)F. The van der Waals surface area contributed by atoms with E-state index in [2.05, 4.69) is 27.9 Å². The highest BCUT2D eigenvalue weighted by molar-refractivity contribution is 14.1. The highest BCUT2D eigenvalue weighted by atomic mass is 127. The van der Waals surface area contributed by atoms with Crippen LogP contribution < -0.4 is 5.32 Å². The van der Waals surface area contributed by atoms with Crippen molar-refractivity contribution >= 4 is 34.2 Å². The summed E-state index contributed by atoms with van der Waals surface area (Å²) in [5, 5.41) is 2.52. The van der Waals surface area contributed by atoms with Crippen LogP contribution in [0.4, 0.5) is 18.9 Å². The summed E-state index contributed by atoms with van der Waals surface area (Å²) in [6, 6.07) is 10.0. The summed E-state index contributed by atoms with van der Waals surface area (Å²) in [5.41, 5.74) is -0.0363. The zero-order chi connectivity index (χ0) is 15.6.